The molecule has 0 fully saturated rings. The molecule has 3 aromatic rings. The van der Waals surface area contributed by atoms with Crippen LogP contribution < -0.4 is 16.4 Å². The number of hydrogen-bond acceptors (Lipinski definition) is 7. The molecule has 2 amide bonds. The minimum absolute atomic E-state index is 0.0854. The van der Waals surface area contributed by atoms with Crippen LogP contribution in [0.4, 0.5) is 5.69 Å². The van der Waals surface area contributed by atoms with Crippen LogP contribution in [0.25, 0.3) is 11.1 Å². The van der Waals surface area contributed by atoms with Crippen LogP contribution in [0.2, 0.25) is 0 Å². The van der Waals surface area contributed by atoms with Crippen molar-refractivity contribution >= 4 is 39.4 Å². The lowest BCUT2D eigenvalue weighted by Crippen LogP contribution is -2.27. The van der Waals surface area contributed by atoms with Gasteiger partial charge >= 0.3 is 16.1 Å². The summed E-state index contributed by atoms with van der Waals surface area (Å²) in [5, 5.41) is 13.0. The van der Waals surface area contributed by atoms with Gasteiger partial charge in [0.15, 0.2) is 0 Å². The molecule has 0 aliphatic heterocycles. The molecule has 0 saturated carbocycles. The molecule has 0 bridgehead atoms. The summed E-state index contributed by atoms with van der Waals surface area (Å²) >= 11 is 0. The molecule has 0 atom stereocenters. The number of nitrogens with two attached hydrogens (primary N) is 1. The number of rotatable bonds is 9. The van der Waals surface area contributed by atoms with Gasteiger partial charge in [0.05, 0.1) is 11.8 Å². The fourth-order valence-corrected chi connectivity index (χ4v) is 3.89. The largest absolute Gasteiger partial charge is 0.384 e. The maximum atomic E-state index is 13.2. The second-order valence-corrected chi connectivity index (χ2v) is 10.4. The van der Waals surface area contributed by atoms with Crippen LogP contribution in [-0.4, -0.2) is 38.3 Å². The van der Waals surface area contributed by atoms with Crippen molar-refractivity contribution < 1.29 is 27.0 Å². The first-order valence-electron chi connectivity index (χ1n) is 11.6. The van der Waals surface area contributed by atoms with Crippen molar-refractivity contribution in [1.29, 1.82) is 5.41 Å². The maximum absolute atomic E-state index is 13.2. The van der Waals surface area contributed by atoms with Crippen molar-refractivity contribution in [3.8, 4) is 11.1 Å². The Balaban J connectivity index is 2.01. The number of carbonyl (C=O) groups is 3. The number of hydrogen-bond donors (Lipinski definition) is 4. The molecule has 0 radical (unpaired) electrons. The van der Waals surface area contributed by atoms with Gasteiger partial charge in [-0.2, -0.15) is 8.42 Å². The fourth-order valence-electron chi connectivity index (χ4n) is 3.53. The quantitative estimate of drug-likeness (QED) is 0.185. The molecule has 0 saturated heterocycles. The molecule has 3 aromatic carbocycles. The van der Waals surface area contributed by atoms with Crippen molar-refractivity contribution in [2.75, 3.05) is 11.6 Å². The summed E-state index contributed by atoms with van der Waals surface area (Å²) in [7, 11) is -4.12. The first kappa shape index (κ1) is 28.1. The van der Waals surface area contributed by atoms with Crippen molar-refractivity contribution in [2.24, 2.45) is 11.7 Å². The van der Waals surface area contributed by atoms with E-state index in [2.05, 4.69) is 14.8 Å². The van der Waals surface area contributed by atoms with Gasteiger partial charge in [0.2, 0.25) is 5.91 Å². The second kappa shape index (κ2) is 11.7. The Morgan fingerprint density at radius 3 is 2.18 bits per heavy atom. The van der Waals surface area contributed by atoms with Crippen LogP contribution in [-0.2, 0) is 25.6 Å². The average Bonchev–Trinajstić information content (AvgIpc) is 2.86. The number of amidine groups is 1. The molecule has 198 valence electrons. The summed E-state index contributed by atoms with van der Waals surface area (Å²) in [6.45, 7) is 3.59. The zero-order chi connectivity index (χ0) is 28.0. The van der Waals surface area contributed by atoms with E-state index in [0.717, 1.165) is 6.26 Å². The molecule has 5 N–H and O–H groups in total. The zero-order valence-electron chi connectivity index (χ0n) is 21.1. The van der Waals surface area contributed by atoms with Crippen molar-refractivity contribution in [3.63, 3.8) is 0 Å². The highest BCUT2D eigenvalue weighted by Gasteiger charge is 2.22. The van der Waals surface area contributed by atoms with Gasteiger partial charge in [-0.3, -0.25) is 15.0 Å². The lowest BCUT2D eigenvalue weighted by Gasteiger charge is -2.15. The highest BCUT2D eigenvalue weighted by atomic mass is 32.2. The van der Waals surface area contributed by atoms with Gasteiger partial charge in [-0.25, -0.2) is 4.79 Å². The van der Waals surface area contributed by atoms with Gasteiger partial charge in [-0.15, -0.1) is 0 Å². The Morgan fingerprint density at radius 1 is 0.947 bits per heavy atom. The van der Waals surface area contributed by atoms with Crippen LogP contribution in [0.5, 0.6) is 0 Å². The van der Waals surface area contributed by atoms with E-state index in [4.69, 9.17) is 11.1 Å². The molecule has 10 nitrogen and oxygen atoms in total. The highest BCUT2D eigenvalue weighted by molar-refractivity contribution is 7.86. The van der Waals surface area contributed by atoms with E-state index in [1.54, 1.807) is 74.5 Å². The summed E-state index contributed by atoms with van der Waals surface area (Å²) < 4.78 is 28.0. The van der Waals surface area contributed by atoms with E-state index in [-0.39, 0.29) is 40.9 Å². The molecule has 0 aliphatic carbocycles. The first-order valence-corrected chi connectivity index (χ1v) is 13.4. The van der Waals surface area contributed by atoms with Crippen LogP contribution in [0.15, 0.2) is 66.7 Å². The number of amides is 2. The van der Waals surface area contributed by atoms with Gasteiger partial charge in [-0.05, 0) is 53.1 Å². The smallest absolute Gasteiger partial charge is 0.354 e. The van der Waals surface area contributed by atoms with E-state index in [9.17, 15) is 22.8 Å². The minimum atomic E-state index is -4.12. The van der Waals surface area contributed by atoms with Crippen molar-refractivity contribution in [2.45, 2.75) is 20.4 Å². The van der Waals surface area contributed by atoms with E-state index in [1.807, 2.05) is 0 Å². The lowest BCUT2D eigenvalue weighted by atomic mass is 9.93. The Morgan fingerprint density at radius 2 is 1.58 bits per heavy atom. The van der Waals surface area contributed by atoms with E-state index in [0.29, 0.717) is 22.4 Å². The Labute approximate surface area is 220 Å². The van der Waals surface area contributed by atoms with Crippen LogP contribution in [0, 0.1) is 11.3 Å². The third-order valence-corrected chi connectivity index (χ3v) is 5.89. The van der Waals surface area contributed by atoms with Crippen LogP contribution >= 0.6 is 0 Å². The molecule has 38 heavy (non-hydrogen) atoms. The number of anilines is 1. The standard InChI is InChI=1S/C27H28N4O6S/c1-16(2)25(32)30-15-17-8-13-21(23(14-17)27(34)37-38(3,35)36)20-6-4-5-7-22(20)26(33)31-19-11-9-18(10-12-19)24(28)29/h4-14,16H,15H2,1-3H3,(H3,28,29)(H,30,32)(H,31,33). The first-order chi connectivity index (χ1) is 17.9. The molecule has 0 aromatic heterocycles. The molecular formula is C27H28N4O6S. The van der Waals surface area contributed by atoms with Crippen LogP contribution in [0.3, 0.4) is 0 Å². The Kier molecular flexibility index (Phi) is 8.64. The average molecular weight is 537 g/mol. The maximum Gasteiger partial charge on any atom is 0.354 e. The third kappa shape index (κ3) is 7.26. The summed E-state index contributed by atoms with van der Waals surface area (Å²) in [6, 6.07) is 17.6. The normalized spacial score (nSPS) is 11.1. The van der Waals surface area contributed by atoms with Gasteiger partial charge in [0, 0.05) is 29.3 Å². The van der Waals surface area contributed by atoms with Gasteiger partial charge in [0.1, 0.15) is 5.84 Å². The van der Waals surface area contributed by atoms with Gasteiger partial charge in [0.25, 0.3) is 5.91 Å². The SMILES string of the molecule is CC(C)C(=O)NCc1ccc(-c2ccccc2C(=O)Nc2ccc(C(=N)N)cc2)c(C(=O)OS(C)(=O)=O)c1. The minimum Gasteiger partial charge on any atom is -0.384 e. The fraction of sp³-hybridized carbons (Fsp3) is 0.185. The van der Waals surface area contributed by atoms with Crippen molar-refractivity contribution in [1.82, 2.24) is 5.32 Å². The van der Waals surface area contributed by atoms with E-state index in [1.165, 1.54) is 6.07 Å². The molecule has 0 heterocycles. The monoisotopic (exact) mass is 536 g/mol. The Hall–Kier alpha value is -4.51. The molecular weight excluding hydrogens is 508 g/mol. The molecule has 0 aliphatic rings. The number of nitrogens with one attached hydrogen (secondary N) is 3. The van der Waals surface area contributed by atoms with Gasteiger partial charge < -0.3 is 20.6 Å². The second-order valence-electron chi connectivity index (χ2n) is 8.82. The molecule has 0 spiro atoms. The Bertz CT molecular complexity index is 1500. The third-order valence-electron chi connectivity index (χ3n) is 5.44. The molecule has 11 heteroatoms. The molecule has 3 rings (SSSR count). The highest BCUT2D eigenvalue weighted by Crippen LogP contribution is 2.30. The zero-order valence-corrected chi connectivity index (χ0v) is 21.9. The predicted octanol–water partition coefficient (Wildman–Crippen LogP) is 3.28. The van der Waals surface area contributed by atoms with Gasteiger partial charge in [-0.1, -0.05) is 44.2 Å². The summed E-state index contributed by atoms with van der Waals surface area (Å²) in [5.41, 5.74) is 7.75. The van der Waals surface area contributed by atoms with E-state index < -0.39 is 22.0 Å². The number of nitrogen functional groups attached to an aromatic ring is 1. The van der Waals surface area contributed by atoms with Crippen LogP contribution in [0.1, 0.15) is 45.7 Å². The van der Waals surface area contributed by atoms with E-state index >= 15 is 0 Å². The summed E-state index contributed by atoms with van der Waals surface area (Å²) in [6.07, 6.45) is 0.760. The number of carbonyl (C=O) groups excluding carboxylic acids is 3. The topological polar surface area (TPSA) is 169 Å². The summed E-state index contributed by atoms with van der Waals surface area (Å²) in [4.78, 5) is 38.1. The summed E-state index contributed by atoms with van der Waals surface area (Å²) in [5.74, 6) is -2.13. The predicted molar refractivity (Wildman–Crippen MR) is 144 cm³/mol. The number of benzene rings is 3. The molecule has 0 unspecified atom stereocenters. The lowest BCUT2D eigenvalue weighted by molar-refractivity contribution is -0.124. The van der Waals surface area contributed by atoms with Crippen molar-refractivity contribution in [3.05, 3.63) is 89.0 Å².